The van der Waals surface area contributed by atoms with E-state index in [-0.39, 0.29) is 17.3 Å². The van der Waals surface area contributed by atoms with E-state index in [1.165, 1.54) is 10.9 Å². The summed E-state index contributed by atoms with van der Waals surface area (Å²) in [5, 5.41) is 13.3. The lowest BCUT2D eigenvalue weighted by Gasteiger charge is -2.16. The van der Waals surface area contributed by atoms with Crippen LogP contribution in [0.3, 0.4) is 0 Å². The fourth-order valence-corrected chi connectivity index (χ4v) is 3.22. The number of aliphatic hydroxyl groups is 1. The normalized spacial score (nSPS) is 13.2. The van der Waals surface area contributed by atoms with Crippen molar-refractivity contribution in [1.29, 1.82) is 0 Å². The molecule has 21 heavy (non-hydrogen) atoms. The van der Waals surface area contributed by atoms with Crippen LogP contribution < -0.4 is 10.5 Å². The molecule has 0 amide bonds. The third-order valence-electron chi connectivity index (χ3n) is 3.05. The van der Waals surface area contributed by atoms with Gasteiger partial charge in [-0.15, -0.1) is 0 Å². The Morgan fingerprint density at radius 2 is 2.05 bits per heavy atom. The molecule has 0 radical (unpaired) electrons. The Morgan fingerprint density at radius 3 is 2.57 bits per heavy atom. The van der Waals surface area contributed by atoms with Gasteiger partial charge in [0.2, 0.25) is 10.0 Å². The number of anilines is 1. The number of nitrogens with one attached hydrogen (secondary N) is 1. The van der Waals surface area contributed by atoms with E-state index in [1.807, 2.05) is 13.0 Å². The van der Waals surface area contributed by atoms with Crippen molar-refractivity contribution in [2.75, 3.05) is 12.3 Å². The summed E-state index contributed by atoms with van der Waals surface area (Å²) < 4.78 is 28.6. The van der Waals surface area contributed by atoms with Crippen molar-refractivity contribution in [2.45, 2.75) is 24.4 Å². The number of nitrogens with two attached hydrogens (primary N) is 1. The van der Waals surface area contributed by atoms with Gasteiger partial charge in [-0.25, -0.2) is 13.1 Å². The van der Waals surface area contributed by atoms with E-state index < -0.39 is 16.1 Å². The average molecular weight is 310 g/mol. The zero-order valence-electron chi connectivity index (χ0n) is 11.6. The summed E-state index contributed by atoms with van der Waals surface area (Å²) >= 11 is 0. The van der Waals surface area contributed by atoms with Crippen molar-refractivity contribution < 1.29 is 13.5 Å². The van der Waals surface area contributed by atoms with Crippen LogP contribution in [0.15, 0.2) is 41.4 Å². The summed E-state index contributed by atoms with van der Waals surface area (Å²) in [6.07, 6.45) is 1.37. The van der Waals surface area contributed by atoms with Gasteiger partial charge in [0.25, 0.3) is 0 Å². The predicted molar refractivity (Wildman–Crippen MR) is 78.9 cm³/mol. The zero-order valence-corrected chi connectivity index (χ0v) is 12.4. The maximum absolute atomic E-state index is 12.4. The minimum atomic E-state index is -3.86. The van der Waals surface area contributed by atoms with E-state index in [2.05, 4.69) is 9.82 Å². The molecule has 0 aliphatic carbocycles. The number of sulfonamides is 1. The van der Waals surface area contributed by atoms with E-state index in [0.717, 1.165) is 0 Å². The van der Waals surface area contributed by atoms with Gasteiger partial charge >= 0.3 is 0 Å². The number of benzene rings is 1. The van der Waals surface area contributed by atoms with Crippen LogP contribution in [-0.4, -0.2) is 29.9 Å². The van der Waals surface area contributed by atoms with Crippen molar-refractivity contribution in [3.05, 3.63) is 42.1 Å². The molecule has 1 heterocycles. The standard InChI is InChI=1S/C13H18N4O3S/c1-2-17-8-12(13(14)15-17)21(19,20)16-11(9-18)10-6-4-3-5-7-10/h3-8,11,16,18H,2,9H2,1H3,(H2,14,15). The molecule has 1 unspecified atom stereocenters. The number of aliphatic hydroxyl groups excluding tert-OH is 1. The molecule has 0 fully saturated rings. The first-order chi connectivity index (χ1) is 9.97. The lowest BCUT2D eigenvalue weighted by molar-refractivity contribution is 0.259. The maximum atomic E-state index is 12.4. The molecule has 114 valence electrons. The van der Waals surface area contributed by atoms with Crippen LogP contribution >= 0.6 is 0 Å². The van der Waals surface area contributed by atoms with Gasteiger partial charge in [0, 0.05) is 12.7 Å². The summed E-state index contributed by atoms with van der Waals surface area (Å²) in [6, 6.07) is 8.10. The third kappa shape index (κ3) is 3.41. The van der Waals surface area contributed by atoms with Crippen molar-refractivity contribution in [1.82, 2.24) is 14.5 Å². The number of nitrogen functional groups attached to an aromatic ring is 1. The predicted octanol–water partition coefficient (Wildman–Crippen LogP) is 0.497. The quantitative estimate of drug-likeness (QED) is 0.719. The number of nitrogens with zero attached hydrogens (tertiary/aromatic N) is 2. The number of aryl methyl sites for hydroxylation is 1. The van der Waals surface area contributed by atoms with Gasteiger partial charge in [-0.1, -0.05) is 30.3 Å². The maximum Gasteiger partial charge on any atom is 0.246 e. The summed E-state index contributed by atoms with van der Waals surface area (Å²) in [6.45, 7) is 1.99. The van der Waals surface area contributed by atoms with E-state index in [9.17, 15) is 13.5 Å². The van der Waals surface area contributed by atoms with E-state index in [1.54, 1.807) is 24.3 Å². The van der Waals surface area contributed by atoms with Gasteiger partial charge in [0.15, 0.2) is 5.82 Å². The van der Waals surface area contributed by atoms with Crippen LogP contribution in [0, 0.1) is 0 Å². The van der Waals surface area contributed by atoms with E-state index in [4.69, 9.17) is 5.73 Å². The Kier molecular flexibility index (Phi) is 4.61. The highest BCUT2D eigenvalue weighted by atomic mass is 32.2. The molecule has 0 aliphatic heterocycles. The highest BCUT2D eigenvalue weighted by Gasteiger charge is 2.25. The smallest absolute Gasteiger partial charge is 0.246 e. The topological polar surface area (TPSA) is 110 Å². The van der Waals surface area contributed by atoms with E-state index >= 15 is 0 Å². The fraction of sp³-hybridized carbons (Fsp3) is 0.308. The van der Waals surface area contributed by atoms with Gasteiger partial charge in [-0.3, -0.25) is 4.68 Å². The van der Waals surface area contributed by atoms with Gasteiger partial charge in [0.05, 0.1) is 12.6 Å². The molecule has 0 aliphatic rings. The van der Waals surface area contributed by atoms with Crippen LogP contribution in [0.25, 0.3) is 0 Å². The van der Waals surface area contributed by atoms with Gasteiger partial charge < -0.3 is 10.8 Å². The van der Waals surface area contributed by atoms with Gasteiger partial charge in [-0.05, 0) is 12.5 Å². The minimum absolute atomic E-state index is 0.0610. The van der Waals surface area contributed by atoms with Gasteiger partial charge in [0.1, 0.15) is 4.90 Å². The number of aromatic nitrogens is 2. The van der Waals surface area contributed by atoms with Crippen LogP contribution in [-0.2, 0) is 16.6 Å². The van der Waals surface area contributed by atoms with Crippen molar-refractivity contribution in [3.63, 3.8) is 0 Å². The molecule has 0 spiro atoms. The Morgan fingerprint density at radius 1 is 1.38 bits per heavy atom. The summed E-state index contributed by atoms with van der Waals surface area (Å²) in [4.78, 5) is -0.0845. The number of hydrogen-bond donors (Lipinski definition) is 3. The SMILES string of the molecule is CCn1cc(S(=O)(=O)NC(CO)c2ccccc2)c(N)n1. The van der Waals surface area contributed by atoms with Crippen LogP contribution in [0.1, 0.15) is 18.5 Å². The lowest BCUT2D eigenvalue weighted by Crippen LogP contribution is -2.31. The molecule has 4 N–H and O–H groups in total. The Hall–Kier alpha value is -1.90. The number of rotatable bonds is 6. The minimum Gasteiger partial charge on any atom is -0.394 e. The molecule has 1 aromatic carbocycles. The highest BCUT2D eigenvalue weighted by Crippen LogP contribution is 2.20. The Labute approximate surface area is 123 Å². The Bertz CT molecular complexity index is 697. The van der Waals surface area contributed by atoms with Crippen molar-refractivity contribution >= 4 is 15.8 Å². The molecule has 8 heteroatoms. The molecular formula is C13H18N4O3S. The summed E-state index contributed by atoms with van der Waals surface area (Å²) in [5.41, 5.74) is 6.32. The zero-order chi connectivity index (χ0) is 15.5. The van der Waals surface area contributed by atoms with Crippen LogP contribution in [0.4, 0.5) is 5.82 Å². The molecule has 2 aromatic rings. The first-order valence-electron chi connectivity index (χ1n) is 6.49. The largest absolute Gasteiger partial charge is 0.394 e. The molecule has 1 atom stereocenters. The highest BCUT2D eigenvalue weighted by molar-refractivity contribution is 7.89. The van der Waals surface area contributed by atoms with Crippen LogP contribution in [0.2, 0.25) is 0 Å². The molecule has 0 bridgehead atoms. The first kappa shape index (κ1) is 15.5. The molecule has 7 nitrogen and oxygen atoms in total. The lowest BCUT2D eigenvalue weighted by atomic mass is 10.1. The Balaban J connectivity index is 2.29. The second-order valence-corrected chi connectivity index (χ2v) is 6.18. The second kappa shape index (κ2) is 6.25. The summed E-state index contributed by atoms with van der Waals surface area (Å²) in [7, 11) is -3.86. The second-order valence-electron chi connectivity index (χ2n) is 4.50. The van der Waals surface area contributed by atoms with Gasteiger partial charge in [-0.2, -0.15) is 5.10 Å². The third-order valence-corrected chi connectivity index (χ3v) is 4.54. The molecule has 2 rings (SSSR count). The van der Waals surface area contributed by atoms with Crippen molar-refractivity contribution in [3.8, 4) is 0 Å². The molecule has 0 saturated carbocycles. The molecular weight excluding hydrogens is 292 g/mol. The van der Waals surface area contributed by atoms with E-state index in [0.29, 0.717) is 12.1 Å². The summed E-state index contributed by atoms with van der Waals surface area (Å²) in [5.74, 6) is -0.0610. The monoisotopic (exact) mass is 310 g/mol. The fourth-order valence-electron chi connectivity index (χ4n) is 1.93. The van der Waals surface area contributed by atoms with Crippen LogP contribution in [0.5, 0.6) is 0 Å². The number of hydrogen-bond acceptors (Lipinski definition) is 5. The molecule has 1 aromatic heterocycles. The molecule has 0 saturated heterocycles. The van der Waals surface area contributed by atoms with Crippen molar-refractivity contribution in [2.24, 2.45) is 0 Å². The average Bonchev–Trinajstić information content (AvgIpc) is 2.88. The first-order valence-corrected chi connectivity index (χ1v) is 7.97.